The van der Waals surface area contributed by atoms with E-state index >= 15 is 0 Å². The maximum atomic E-state index is 12.3. The molecule has 2 atom stereocenters. The number of para-hydroxylation sites is 1. The van der Waals surface area contributed by atoms with Crippen LogP contribution in [0.2, 0.25) is 0 Å². The van der Waals surface area contributed by atoms with Crippen molar-refractivity contribution < 1.29 is 24.2 Å². The van der Waals surface area contributed by atoms with Gasteiger partial charge in [0.1, 0.15) is 11.8 Å². The van der Waals surface area contributed by atoms with Crippen molar-refractivity contribution in [3.8, 4) is 5.75 Å². The van der Waals surface area contributed by atoms with E-state index in [0.717, 1.165) is 0 Å². The van der Waals surface area contributed by atoms with Crippen LogP contribution in [0.3, 0.4) is 0 Å². The minimum absolute atomic E-state index is 0.0832. The molecule has 0 aliphatic heterocycles. The predicted octanol–water partition coefficient (Wildman–Crippen LogP) is 1.88. The van der Waals surface area contributed by atoms with Crippen molar-refractivity contribution in [1.29, 1.82) is 0 Å². The van der Waals surface area contributed by atoms with Crippen LogP contribution in [-0.4, -0.2) is 35.5 Å². The first-order chi connectivity index (χ1) is 11.8. The van der Waals surface area contributed by atoms with Crippen molar-refractivity contribution in [3.63, 3.8) is 0 Å². The van der Waals surface area contributed by atoms with E-state index in [9.17, 15) is 19.5 Å². The van der Waals surface area contributed by atoms with Crippen molar-refractivity contribution in [2.45, 2.75) is 46.2 Å². The van der Waals surface area contributed by atoms with Gasteiger partial charge in [-0.05, 0) is 18.9 Å². The normalized spacial score (nSPS) is 13.0. The number of nitrogens with one attached hydrogen (secondary N) is 2. The highest BCUT2D eigenvalue weighted by Gasteiger charge is 2.26. The number of amides is 2. The third-order valence-corrected chi connectivity index (χ3v) is 3.61. The zero-order valence-electron chi connectivity index (χ0n) is 15.0. The summed E-state index contributed by atoms with van der Waals surface area (Å²) in [6.07, 6.45) is -0.0832. The van der Waals surface area contributed by atoms with Crippen molar-refractivity contribution in [2.75, 3.05) is 6.61 Å². The van der Waals surface area contributed by atoms with Gasteiger partial charge in [-0.1, -0.05) is 32.0 Å². The van der Waals surface area contributed by atoms with E-state index in [1.54, 1.807) is 38.1 Å². The number of carboxylic acids is 1. The molecule has 0 aliphatic carbocycles. The van der Waals surface area contributed by atoms with Crippen LogP contribution in [0, 0.1) is 5.92 Å². The molecular weight excluding hydrogens is 324 g/mol. The van der Waals surface area contributed by atoms with E-state index in [1.807, 2.05) is 6.92 Å². The van der Waals surface area contributed by atoms with Crippen molar-refractivity contribution in [2.24, 2.45) is 5.92 Å². The van der Waals surface area contributed by atoms with Crippen LogP contribution >= 0.6 is 0 Å². The van der Waals surface area contributed by atoms with Crippen LogP contribution in [0.25, 0.3) is 0 Å². The summed E-state index contributed by atoms with van der Waals surface area (Å²) in [7, 11) is 0. The summed E-state index contributed by atoms with van der Waals surface area (Å²) >= 11 is 0. The molecule has 0 spiro atoms. The van der Waals surface area contributed by atoms with Crippen molar-refractivity contribution >= 4 is 17.8 Å². The SMILES string of the molecule is CCOc1ccccc1C(CC(=O)N[C@@H](C(=O)O)C(C)C)NC(C)=O. The van der Waals surface area contributed by atoms with Crippen LogP contribution in [0.4, 0.5) is 0 Å². The molecule has 0 saturated carbocycles. The largest absolute Gasteiger partial charge is 0.494 e. The molecular formula is C18H26N2O5. The predicted molar refractivity (Wildman–Crippen MR) is 93.2 cm³/mol. The number of benzene rings is 1. The molecule has 1 aromatic carbocycles. The Hall–Kier alpha value is -2.57. The summed E-state index contributed by atoms with van der Waals surface area (Å²) in [6, 6.07) is 5.54. The Morgan fingerprint density at radius 3 is 2.32 bits per heavy atom. The van der Waals surface area contributed by atoms with Gasteiger partial charge in [0.2, 0.25) is 11.8 Å². The molecule has 1 aromatic rings. The highest BCUT2D eigenvalue weighted by molar-refractivity contribution is 5.84. The van der Waals surface area contributed by atoms with Gasteiger partial charge in [-0.3, -0.25) is 9.59 Å². The first-order valence-corrected chi connectivity index (χ1v) is 8.27. The lowest BCUT2D eigenvalue weighted by atomic mass is 10.0. The third kappa shape index (κ3) is 6.45. The number of ether oxygens (including phenoxy) is 1. The van der Waals surface area contributed by atoms with Gasteiger partial charge in [0, 0.05) is 12.5 Å². The van der Waals surface area contributed by atoms with E-state index in [0.29, 0.717) is 17.9 Å². The molecule has 138 valence electrons. The lowest BCUT2D eigenvalue weighted by Gasteiger charge is -2.23. The smallest absolute Gasteiger partial charge is 0.326 e. The first kappa shape index (κ1) is 20.5. The Labute approximate surface area is 147 Å². The quantitative estimate of drug-likeness (QED) is 0.631. The monoisotopic (exact) mass is 350 g/mol. The summed E-state index contributed by atoms with van der Waals surface area (Å²) in [5, 5.41) is 14.4. The summed E-state index contributed by atoms with van der Waals surface area (Å²) in [5.74, 6) is -1.50. The number of aliphatic carboxylic acids is 1. The van der Waals surface area contributed by atoms with E-state index < -0.39 is 24.0 Å². The Balaban J connectivity index is 2.99. The topological polar surface area (TPSA) is 105 Å². The molecule has 7 heteroatoms. The Morgan fingerprint density at radius 1 is 1.16 bits per heavy atom. The zero-order valence-corrected chi connectivity index (χ0v) is 15.0. The van der Waals surface area contributed by atoms with E-state index in [-0.39, 0.29) is 18.2 Å². The molecule has 0 aromatic heterocycles. The molecule has 1 unspecified atom stereocenters. The van der Waals surface area contributed by atoms with Gasteiger partial charge in [-0.25, -0.2) is 4.79 Å². The Kier molecular flexibility index (Phi) is 7.91. The minimum Gasteiger partial charge on any atom is -0.494 e. The fourth-order valence-corrected chi connectivity index (χ4v) is 2.47. The second-order valence-electron chi connectivity index (χ2n) is 6.06. The Bertz CT molecular complexity index is 615. The van der Waals surface area contributed by atoms with Gasteiger partial charge in [0.25, 0.3) is 0 Å². The number of hydrogen-bond donors (Lipinski definition) is 3. The van der Waals surface area contributed by atoms with E-state index in [2.05, 4.69) is 10.6 Å². The third-order valence-electron chi connectivity index (χ3n) is 3.61. The van der Waals surface area contributed by atoms with Crippen molar-refractivity contribution in [3.05, 3.63) is 29.8 Å². The molecule has 0 radical (unpaired) electrons. The molecule has 0 saturated heterocycles. The summed E-state index contributed by atoms with van der Waals surface area (Å²) in [6.45, 7) is 7.09. The molecule has 7 nitrogen and oxygen atoms in total. The summed E-state index contributed by atoms with van der Waals surface area (Å²) in [4.78, 5) is 35.1. The van der Waals surface area contributed by atoms with Crippen LogP contribution < -0.4 is 15.4 Å². The van der Waals surface area contributed by atoms with Gasteiger partial charge < -0.3 is 20.5 Å². The molecule has 0 aliphatic rings. The average molecular weight is 350 g/mol. The lowest BCUT2D eigenvalue weighted by Crippen LogP contribution is -2.45. The van der Waals surface area contributed by atoms with Crippen molar-refractivity contribution in [1.82, 2.24) is 10.6 Å². The number of rotatable bonds is 9. The minimum atomic E-state index is -1.09. The Morgan fingerprint density at radius 2 is 1.80 bits per heavy atom. The van der Waals surface area contributed by atoms with E-state index in [1.165, 1.54) is 6.92 Å². The van der Waals surface area contributed by atoms with Crippen LogP contribution in [-0.2, 0) is 14.4 Å². The van der Waals surface area contributed by atoms with Crippen LogP contribution in [0.1, 0.15) is 45.7 Å². The fraction of sp³-hybridized carbons (Fsp3) is 0.500. The molecule has 0 bridgehead atoms. The first-order valence-electron chi connectivity index (χ1n) is 8.27. The van der Waals surface area contributed by atoms with E-state index in [4.69, 9.17) is 4.74 Å². The van der Waals surface area contributed by atoms with Gasteiger partial charge in [-0.15, -0.1) is 0 Å². The average Bonchev–Trinajstić information content (AvgIpc) is 2.52. The van der Waals surface area contributed by atoms with Gasteiger partial charge in [0.05, 0.1) is 19.1 Å². The molecule has 0 heterocycles. The molecule has 25 heavy (non-hydrogen) atoms. The molecule has 0 fully saturated rings. The highest BCUT2D eigenvalue weighted by Crippen LogP contribution is 2.27. The van der Waals surface area contributed by atoms with Gasteiger partial charge in [-0.2, -0.15) is 0 Å². The standard InChI is InChI=1S/C18H26N2O5/c1-5-25-15-9-7-6-8-13(15)14(19-12(4)21)10-16(22)20-17(11(2)3)18(23)24/h6-9,11,14,17H,5,10H2,1-4H3,(H,19,21)(H,20,22)(H,23,24)/t14?,17-/m1/s1. The molecule has 1 rings (SSSR count). The van der Waals surface area contributed by atoms with Gasteiger partial charge in [0.15, 0.2) is 0 Å². The number of hydrogen-bond acceptors (Lipinski definition) is 4. The lowest BCUT2D eigenvalue weighted by molar-refractivity contribution is -0.143. The number of carboxylic acid groups (broad SMARTS) is 1. The summed E-state index contributed by atoms with van der Waals surface area (Å²) in [5.41, 5.74) is 0.672. The maximum absolute atomic E-state index is 12.3. The highest BCUT2D eigenvalue weighted by atomic mass is 16.5. The van der Waals surface area contributed by atoms with Crippen LogP contribution in [0.15, 0.2) is 24.3 Å². The van der Waals surface area contributed by atoms with Crippen LogP contribution in [0.5, 0.6) is 5.75 Å². The molecule has 2 amide bonds. The zero-order chi connectivity index (χ0) is 19.0. The maximum Gasteiger partial charge on any atom is 0.326 e. The fourth-order valence-electron chi connectivity index (χ4n) is 2.47. The number of carbonyl (C=O) groups is 3. The second kappa shape index (κ2) is 9.66. The summed E-state index contributed by atoms with van der Waals surface area (Å²) < 4.78 is 5.56. The number of carbonyl (C=O) groups excluding carboxylic acids is 2. The second-order valence-corrected chi connectivity index (χ2v) is 6.06. The van der Waals surface area contributed by atoms with Gasteiger partial charge >= 0.3 is 5.97 Å². The molecule has 3 N–H and O–H groups in total.